The Hall–Kier alpha value is -0.300. The molecule has 58 valence electrons. The Labute approximate surface area is 62.8 Å². The van der Waals surface area contributed by atoms with Crippen LogP contribution >= 0.6 is 0 Å². The van der Waals surface area contributed by atoms with E-state index in [2.05, 4.69) is 19.9 Å². The maximum absolute atomic E-state index is 9.35. The fourth-order valence-electron chi connectivity index (χ4n) is 1.96. The van der Waals surface area contributed by atoms with E-state index in [0.717, 1.165) is 6.42 Å². The van der Waals surface area contributed by atoms with Crippen LogP contribution < -0.4 is 0 Å². The fraction of sp³-hybridized carbons (Fsp3) is 0.778. The Morgan fingerprint density at radius 2 is 2.30 bits per heavy atom. The van der Waals surface area contributed by atoms with E-state index >= 15 is 0 Å². The maximum Gasteiger partial charge on any atom is 0.0579 e. The van der Waals surface area contributed by atoms with Crippen molar-refractivity contribution in [3.63, 3.8) is 0 Å². The standard InChI is InChI=1S/C9H16O/c1-6-4-5-7(2)9(6)8(3)10/h4,7-10H,5H2,1-3H3. The van der Waals surface area contributed by atoms with E-state index in [9.17, 15) is 5.11 Å². The molecule has 10 heavy (non-hydrogen) atoms. The molecule has 0 aromatic carbocycles. The molecule has 0 aromatic heterocycles. The quantitative estimate of drug-likeness (QED) is 0.552. The molecule has 1 nitrogen and oxygen atoms in total. The molecule has 0 aromatic rings. The van der Waals surface area contributed by atoms with Gasteiger partial charge in [0, 0.05) is 5.92 Å². The van der Waals surface area contributed by atoms with Crippen LogP contribution in [0.1, 0.15) is 27.2 Å². The molecule has 0 bridgehead atoms. The zero-order valence-electron chi connectivity index (χ0n) is 6.96. The Morgan fingerprint density at radius 1 is 1.70 bits per heavy atom. The van der Waals surface area contributed by atoms with E-state index in [1.165, 1.54) is 5.57 Å². The summed E-state index contributed by atoms with van der Waals surface area (Å²) in [6, 6.07) is 0. The fourth-order valence-corrected chi connectivity index (χ4v) is 1.96. The smallest absolute Gasteiger partial charge is 0.0579 e. The summed E-state index contributed by atoms with van der Waals surface area (Å²) in [5, 5.41) is 9.35. The van der Waals surface area contributed by atoms with Crippen molar-refractivity contribution in [2.75, 3.05) is 0 Å². The van der Waals surface area contributed by atoms with Gasteiger partial charge in [-0.15, -0.1) is 0 Å². The van der Waals surface area contributed by atoms with Crippen LogP contribution in [0.5, 0.6) is 0 Å². The van der Waals surface area contributed by atoms with Gasteiger partial charge >= 0.3 is 0 Å². The molecule has 0 saturated carbocycles. The summed E-state index contributed by atoms with van der Waals surface area (Å²) < 4.78 is 0. The number of aliphatic hydroxyl groups excluding tert-OH is 1. The van der Waals surface area contributed by atoms with Crippen molar-refractivity contribution in [1.29, 1.82) is 0 Å². The maximum atomic E-state index is 9.35. The van der Waals surface area contributed by atoms with E-state index in [1.54, 1.807) is 0 Å². The van der Waals surface area contributed by atoms with Crippen molar-refractivity contribution in [2.24, 2.45) is 11.8 Å². The van der Waals surface area contributed by atoms with Gasteiger partial charge in [-0.3, -0.25) is 0 Å². The average Bonchev–Trinajstić information content (AvgIpc) is 2.11. The monoisotopic (exact) mass is 140 g/mol. The first-order valence-corrected chi connectivity index (χ1v) is 3.97. The average molecular weight is 140 g/mol. The van der Waals surface area contributed by atoms with E-state index in [0.29, 0.717) is 11.8 Å². The van der Waals surface area contributed by atoms with Crippen molar-refractivity contribution in [3.05, 3.63) is 11.6 Å². The normalized spacial score (nSPS) is 35.8. The van der Waals surface area contributed by atoms with Gasteiger partial charge < -0.3 is 5.11 Å². The van der Waals surface area contributed by atoms with Crippen molar-refractivity contribution in [1.82, 2.24) is 0 Å². The van der Waals surface area contributed by atoms with Crippen LogP contribution in [0.3, 0.4) is 0 Å². The summed E-state index contributed by atoms with van der Waals surface area (Å²) in [4.78, 5) is 0. The van der Waals surface area contributed by atoms with Crippen LogP contribution in [0.4, 0.5) is 0 Å². The minimum absolute atomic E-state index is 0.172. The van der Waals surface area contributed by atoms with Crippen molar-refractivity contribution >= 4 is 0 Å². The topological polar surface area (TPSA) is 20.2 Å². The van der Waals surface area contributed by atoms with Crippen molar-refractivity contribution in [2.45, 2.75) is 33.3 Å². The third-order valence-corrected chi connectivity index (χ3v) is 2.47. The van der Waals surface area contributed by atoms with Crippen molar-refractivity contribution in [3.8, 4) is 0 Å². The van der Waals surface area contributed by atoms with Gasteiger partial charge in [0.05, 0.1) is 6.10 Å². The van der Waals surface area contributed by atoms with Crippen LogP contribution in [0.25, 0.3) is 0 Å². The number of aliphatic hydroxyl groups is 1. The number of allylic oxidation sites excluding steroid dienone is 1. The summed E-state index contributed by atoms with van der Waals surface area (Å²) in [5.74, 6) is 1.06. The van der Waals surface area contributed by atoms with Crippen LogP contribution in [0.2, 0.25) is 0 Å². The molecule has 0 heterocycles. The molecule has 0 radical (unpaired) electrons. The predicted molar refractivity (Wildman–Crippen MR) is 42.7 cm³/mol. The molecule has 3 unspecified atom stereocenters. The Kier molecular flexibility index (Phi) is 2.14. The van der Waals surface area contributed by atoms with E-state index in [1.807, 2.05) is 6.92 Å². The molecular formula is C9H16O. The van der Waals surface area contributed by atoms with Gasteiger partial charge in [0.1, 0.15) is 0 Å². The van der Waals surface area contributed by atoms with E-state index in [-0.39, 0.29) is 6.10 Å². The lowest BCUT2D eigenvalue weighted by molar-refractivity contribution is 0.121. The number of rotatable bonds is 1. The van der Waals surface area contributed by atoms with E-state index in [4.69, 9.17) is 0 Å². The molecule has 0 saturated heterocycles. The zero-order valence-corrected chi connectivity index (χ0v) is 6.96. The second-order valence-corrected chi connectivity index (χ2v) is 3.43. The van der Waals surface area contributed by atoms with Gasteiger partial charge in [0.2, 0.25) is 0 Å². The Balaban J connectivity index is 2.64. The molecule has 1 N–H and O–H groups in total. The SMILES string of the molecule is CC1=CCC(C)C1C(C)O. The summed E-state index contributed by atoms with van der Waals surface area (Å²) in [6.45, 7) is 6.19. The zero-order chi connectivity index (χ0) is 7.72. The highest BCUT2D eigenvalue weighted by Crippen LogP contribution is 2.33. The summed E-state index contributed by atoms with van der Waals surface area (Å²) in [5.41, 5.74) is 1.36. The minimum atomic E-state index is -0.172. The first-order chi connectivity index (χ1) is 4.63. The van der Waals surface area contributed by atoms with Gasteiger partial charge in [-0.2, -0.15) is 0 Å². The first-order valence-electron chi connectivity index (χ1n) is 3.97. The van der Waals surface area contributed by atoms with Crippen LogP contribution in [0, 0.1) is 11.8 Å². The molecule has 0 aliphatic heterocycles. The third-order valence-electron chi connectivity index (χ3n) is 2.47. The lowest BCUT2D eigenvalue weighted by Gasteiger charge is -2.20. The lowest BCUT2D eigenvalue weighted by atomic mass is 9.89. The van der Waals surface area contributed by atoms with E-state index < -0.39 is 0 Å². The molecule has 0 amide bonds. The highest BCUT2D eigenvalue weighted by molar-refractivity contribution is 5.13. The summed E-state index contributed by atoms with van der Waals surface area (Å²) >= 11 is 0. The molecule has 3 atom stereocenters. The van der Waals surface area contributed by atoms with Crippen LogP contribution in [-0.4, -0.2) is 11.2 Å². The van der Waals surface area contributed by atoms with Gasteiger partial charge in [-0.25, -0.2) is 0 Å². The minimum Gasteiger partial charge on any atom is -0.393 e. The summed E-state index contributed by atoms with van der Waals surface area (Å²) in [6.07, 6.45) is 3.21. The molecule has 1 aliphatic carbocycles. The second kappa shape index (κ2) is 2.75. The molecule has 1 aliphatic rings. The number of hydrogen-bond acceptors (Lipinski definition) is 1. The molecule has 0 spiro atoms. The largest absolute Gasteiger partial charge is 0.393 e. The highest BCUT2D eigenvalue weighted by atomic mass is 16.3. The first kappa shape index (κ1) is 7.80. The van der Waals surface area contributed by atoms with Crippen LogP contribution in [0.15, 0.2) is 11.6 Å². The molecule has 1 heteroatoms. The predicted octanol–water partition coefficient (Wildman–Crippen LogP) is 1.97. The lowest BCUT2D eigenvalue weighted by Crippen LogP contribution is -2.20. The van der Waals surface area contributed by atoms with Gasteiger partial charge in [-0.05, 0) is 26.2 Å². The Morgan fingerprint density at radius 3 is 2.50 bits per heavy atom. The third kappa shape index (κ3) is 1.24. The Bertz CT molecular complexity index is 147. The van der Waals surface area contributed by atoms with Gasteiger partial charge in [0.15, 0.2) is 0 Å². The van der Waals surface area contributed by atoms with Gasteiger partial charge in [-0.1, -0.05) is 18.6 Å². The molecule has 0 fully saturated rings. The molecule has 1 rings (SSSR count). The summed E-state index contributed by atoms with van der Waals surface area (Å²) in [7, 11) is 0. The van der Waals surface area contributed by atoms with Crippen LogP contribution in [-0.2, 0) is 0 Å². The van der Waals surface area contributed by atoms with Crippen molar-refractivity contribution < 1.29 is 5.11 Å². The second-order valence-electron chi connectivity index (χ2n) is 3.43. The highest BCUT2D eigenvalue weighted by Gasteiger charge is 2.27. The number of hydrogen-bond donors (Lipinski definition) is 1. The van der Waals surface area contributed by atoms with Gasteiger partial charge in [0.25, 0.3) is 0 Å². The molecular weight excluding hydrogens is 124 g/mol.